The van der Waals surface area contributed by atoms with Crippen molar-refractivity contribution in [3.05, 3.63) is 89.1 Å². The van der Waals surface area contributed by atoms with Gasteiger partial charge in [-0.2, -0.15) is 0 Å². The molecule has 0 spiro atoms. The molecule has 1 aliphatic heterocycles. The highest BCUT2D eigenvalue weighted by Gasteiger charge is 2.20. The smallest absolute Gasteiger partial charge is 0.307 e. The van der Waals surface area contributed by atoms with Gasteiger partial charge in [0.1, 0.15) is 5.01 Å². The zero-order valence-electron chi connectivity index (χ0n) is 21.1. The average Bonchev–Trinajstić information content (AvgIpc) is 3.48. The second kappa shape index (κ2) is 9.12. The number of aliphatic carboxylic acids is 1. The van der Waals surface area contributed by atoms with Gasteiger partial charge in [-0.25, -0.2) is 4.98 Å². The number of carboxylic acid groups (broad SMARTS) is 1. The van der Waals surface area contributed by atoms with Crippen molar-refractivity contribution in [3.63, 3.8) is 0 Å². The monoisotopic (exact) mass is 505 g/mol. The molecule has 37 heavy (non-hydrogen) atoms. The summed E-state index contributed by atoms with van der Waals surface area (Å²) < 4.78 is 1.01. The Balaban J connectivity index is 1.48. The van der Waals surface area contributed by atoms with E-state index in [1.54, 1.807) is 11.3 Å². The number of likely N-dealkylation sites (N-methyl/N-ethyl adjacent to an activating group) is 1. The minimum atomic E-state index is -0.834. The van der Waals surface area contributed by atoms with Crippen molar-refractivity contribution in [3.8, 4) is 33.0 Å². The molecule has 0 atom stereocenters. The number of carbonyl (C=O) groups is 1. The normalized spacial score (nSPS) is 12.8. The Hall–Kier alpha value is -4.03. The fourth-order valence-corrected chi connectivity index (χ4v) is 6.32. The summed E-state index contributed by atoms with van der Waals surface area (Å²) in [6.45, 7) is 5.08. The van der Waals surface area contributed by atoms with E-state index in [2.05, 4.69) is 72.4 Å². The lowest BCUT2D eigenvalue weighted by Crippen LogP contribution is -2.12. The summed E-state index contributed by atoms with van der Waals surface area (Å²) in [5, 5.41) is 10.6. The van der Waals surface area contributed by atoms with Crippen molar-refractivity contribution in [2.24, 2.45) is 0 Å². The molecule has 184 valence electrons. The molecule has 5 nitrogen and oxygen atoms in total. The molecule has 1 aliphatic rings. The lowest BCUT2D eigenvalue weighted by atomic mass is 9.93. The molecule has 0 saturated carbocycles. The topological polar surface area (TPSA) is 66.3 Å². The Labute approximate surface area is 220 Å². The molecule has 1 N–H and O–H groups in total. The molecule has 0 radical (unpaired) electrons. The zero-order chi connectivity index (χ0) is 25.7. The molecule has 6 rings (SSSR count). The molecule has 5 aromatic rings. The fourth-order valence-electron chi connectivity index (χ4n) is 5.18. The molecule has 0 fully saturated rings. The first-order valence-electron chi connectivity index (χ1n) is 12.4. The molecule has 3 aromatic carbocycles. The van der Waals surface area contributed by atoms with E-state index in [0.29, 0.717) is 0 Å². The Morgan fingerprint density at radius 2 is 1.78 bits per heavy atom. The third kappa shape index (κ3) is 4.27. The number of pyridine rings is 1. The van der Waals surface area contributed by atoms with Gasteiger partial charge in [0.05, 0.1) is 22.3 Å². The van der Waals surface area contributed by atoms with E-state index < -0.39 is 5.97 Å². The van der Waals surface area contributed by atoms with Crippen LogP contribution in [0.25, 0.3) is 43.2 Å². The standard InChI is InChI=1S/C31H27N3O2S/c1-18-4-6-21(7-5-18)29-24(17-28(35)36)19(2)14-26-30(29)37-31(33-26)23-10-12-32-25(15-23)22-9-8-20-11-13-34(3)27(20)16-22/h4-10,12,14-16H,11,13,17H2,1-3H3,(H,35,36). The molecule has 0 amide bonds. The van der Waals surface area contributed by atoms with Crippen molar-refractivity contribution in [1.82, 2.24) is 9.97 Å². The number of benzene rings is 3. The highest BCUT2D eigenvalue weighted by molar-refractivity contribution is 7.22. The minimum absolute atomic E-state index is 0.0234. The summed E-state index contributed by atoms with van der Waals surface area (Å²) in [6, 6.07) is 21.0. The van der Waals surface area contributed by atoms with Gasteiger partial charge in [0, 0.05) is 42.2 Å². The number of anilines is 1. The highest BCUT2D eigenvalue weighted by Crippen LogP contribution is 2.41. The number of aryl methyl sites for hydroxylation is 2. The van der Waals surface area contributed by atoms with Crippen molar-refractivity contribution in [2.45, 2.75) is 26.7 Å². The van der Waals surface area contributed by atoms with Crippen LogP contribution in [0.3, 0.4) is 0 Å². The first-order valence-corrected chi connectivity index (χ1v) is 13.2. The number of thiazole rings is 1. The number of hydrogen-bond acceptors (Lipinski definition) is 5. The van der Waals surface area contributed by atoms with E-state index in [4.69, 9.17) is 4.98 Å². The maximum absolute atomic E-state index is 11.8. The van der Waals surface area contributed by atoms with E-state index in [1.165, 1.54) is 16.8 Å². The molecule has 2 aromatic heterocycles. The number of fused-ring (bicyclic) bond motifs is 2. The van der Waals surface area contributed by atoms with Gasteiger partial charge >= 0.3 is 5.97 Å². The lowest BCUT2D eigenvalue weighted by Gasteiger charge is -2.13. The van der Waals surface area contributed by atoms with Crippen molar-refractivity contribution < 1.29 is 9.90 Å². The summed E-state index contributed by atoms with van der Waals surface area (Å²) in [4.78, 5) is 23.7. The summed E-state index contributed by atoms with van der Waals surface area (Å²) in [5.74, 6) is -0.834. The third-order valence-electron chi connectivity index (χ3n) is 7.20. The van der Waals surface area contributed by atoms with Crippen LogP contribution in [0.2, 0.25) is 0 Å². The van der Waals surface area contributed by atoms with Crippen LogP contribution in [0.5, 0.6) is 0 Å². The van der Waals surface area contributed by atoms with Crippen molar-refractivity contribution >= 4 is 33.2 Å². The van der Waals surface area contributed by atoms with Gasteiger partial charge in [-0.1, -0.05) is 42.0 Å². The molecule has 6 heteroatoms. The molecule has 0 aliphatic carbocycles. The first-order chi connectivity index (χ1) is 17.9. The quantitative estimate of drug-likeness (QED) is 0.281. The average molecular weight is 506 g/mol. The predicted octanol–water partition coefficient (Wildman–Crippen LogP) is 6.93. The van der Waals surface area contributed by atoms with Gasteiger partial charge in [0.25, 0.3) is 0 Å². The summed E-state index contributed by atoms with van der Waals surface area (Å²) in [5.41, 5.74) is 11.5. The van der Waals surface area contributed by atoms with Crippen LogP contribution in [-0.2, 0) is 17.6 Å². The fraction of sp³-hybridized carbons (Fsp3) is 0.194. The van der Waals surface area contributed by atoms with Gasteiger partial charge in [-0.3, -0.25) is 9.78 Å². The third-order valence-corrected chi connectivity index (χ3v) is 8.33. The molecule has 3 heterocycles. The van der Waals surface area contributed by atoms with Crippen LogP contribution in [0, 0.1) is 13.8 Å². The molecule has 0 bridgehead atoms. The van der Waals surface area contributed by atoms with E-state index in [9.17, 15) is 9.90 Å². The van der Waals surface area contributed by atoms with Gasteiger partial charge in [0.2, 0.25) is 0 Å². The van der Waals surface area contributed by atoms with Gasteiger partial charge in [-0.15, -0.1) is 11.3 Å². The van der Waals surface area contributed by atoms with Crippen LogP contribution in [-0.4, -0.2) is 34.6 Å². The number of nitrogens with zero attached hydrogens (tertiary/aromatic N) is 3. The number of hydrogen-bond donors (Lipinski definition) is 1. The zero-order valence-corrected chi connectivity index (χ0v) is 21.9. The van der Waals surface area contributed by atoms with E-state index in [-0.39, 0.29) is 6.42 Å². The van der Waals surface area contributed by atoms with Gasteiger partial charge in [0.15, 0.2) is 0 Å². The van der Waals surface area contributed by atoms with Gasteiger partial charge < -0.3 is 10.0 Å². The molecule has 0 saturated heterocycles. The largest absolute Gasteiger partial charge is 0.481 e. The predicted molar refractivity (Wildman–Crippen MR) is 152 cm³/mol. The Morgan fingerprint density at radius 1 is 1.00 bits per heavy atom. The maximum atomic E-state index is 11.8. The van der Waals surface area contributed by atoms with Crippen LogP contribution in [0.15, 0.2) is 66.9 Å². The van der Waals surface area contributed by atoms with Crippen molar-refractivity contribution in [1.29, 1.82) is 0 Å². The molecular formula is C31H27N3O2S. The minimum Gasteiger partial charge on any atom is -0.481 e. The van der Waals surface area contributed by atoms with Gasteiger partial charge in [-0.05, 0) is 66.8 Å². The van der Waals surface area contributed by atoms with E-state index in [0.717, 1.165) is 67.3 Å². The first kappa shape index (κ1) is 23.4. The lowest BCUT2D eigenvalue weighted by molar-refractivity contribution is -0.136. The molecule has 0 unspecified atom stereocenters. The molecular weight excluding hydrogens is 478 g/mol. The summed E-state index contributed by atoms with van der Waals surface area (Å²) >= 11 is 1.61. The summed E-state index contributed by atoms with van der Waals surface area (Å²) in [6.07, 6.45) is 2.90. The van der Waals surface area contributed by atoms with E-state index >= 15 is 0 Å². The SMILES string of the molecule is Cc1ccc(-c2c(CC(=O)O)c(C)cc3nc(-c4ccnc(-c5ccc6c(c5)N(C)CC6)c4)sc23)cc1. The summed E-state index contributed by atoms with van der Waals surface area (Å²) in [7, 11) is 2.13. The second-order valence-corrected chi connectivity index (χ2v) is 10.8. The van der Waals surface area contributed by atoms with Crippen LogP contribution in [0.1, 0.15) is 22.3 Å². The van der Waals surface area contributed by atoms with Crippen LogP contribution in [0.4, 0.5) is 5.69 Å². The second-order valence-electron chi connectivity index (χ2n) is 9.80. The number of carboxylic acids is 1. The van der Waals surface area contributed by atoms with E-state index in [1.807, 2.05) is 25.3 Å². The highest BCUT2D eigenvalue weighted by atomic mass is 32.1. The van der Waals surface area contributed by atoms with Crippen LogP contribution < -0.4 is 4.90 Å². The number of aromatic nitrogens is 2. The van der Waals surface area contributed by atoms with Crippen molar-refractivity contribution in [2.75, 3.05) is 18.5 Å². The Morgan fingerprint density at radius 3 is 2.57 bits per heavy atom. The maximum Gasteiger partial charge on any atom is 0.307 e. The Bertz CT molecular complexity index is 1670. The Kier molecular flexibility index (Phi) is 5.76. The van der Waals surface area contributed by atoms with Crippen LogP contribution >= 0.6 is 11.3 Å². The number of rotatable bonds is 5.